The van der Waals surface area contributed by atoms with E-state index in [0.29, 0.717) is 17.8 Å². The Bertz CT molecular complexity index is 1210. The van der Waals surface area contributed by atoms with Crippen molar-refractivity contribution >= 4 is 11.6 Å². The summed E-state index contributed by atoms with van der Waals surface area (Å²) in [6.45, 7) is 8.65. The van der Waals surface area contributed by atoms with Gasteiger partial charge in [-0.2, -0.15) is 0 Å². The first-order chi connectivity index (χ1) is 20.5. The van der Waals surface area contributed by atoms with E-state index < -0.39 is 0 Å². The molecule has 3 fully saturated rings. The highest BCUT2D eigenvalue weighted by Crippen LogP contribution is 2.71. The number of methoxy groups -OCH3 is 1. The summed E-state index contributed by atoms with van der Waals surface area (Å²) in [5, 5.41) is 0. The summed E-state index contributed by atoms with van der Waals surface area (Å²) >= 11 is 5.84. The molecule has 228 valence electrons. The van der Waals surface area contributed by atoms with Gasteiger partial charge in [-0.3, -0.25) is 0 Å². The molecule has 4 aliphatic rings. The maximum atomic E-state index is 6.87. The van der Waals surface area contributed by atoms with Crippen LogP contribution < -0.4 is 9.47 Å². The third-order valence-electron chi connectivity index (χ3n) is 11.2. The molecule has 1 aliphatic heterocycles. The SMILES string of the molecule is C=C[C@@]12CCc3cc(OC)ccc3[C@H]1[C@@H](c1ccc(OCCCCCCl)cc1)C[C@]1(C)[C@@H](OC3CCCCO3)CC[C@H]12. The molecule has 1 saturated heterocycles. The molecule has 1 unspecified atom stereocenters. The average Bonchev–Trinajstić information content (AvgIpc) is 3.36. The lowest BCUT2D eigenvalue weighted by atomic mass is 9.44. The van der Waals surface area contributed by atoms with Gasteiger partial charge < -0.3 is 18.9 Å². The monoisotopic (exact) mass is 592 g/mol. The third kappa shape index (κ3) is 5.53. The Morgan fingerprint density at radius 1 is 1.02 bits per heavy atom. The highest BCUT2D eigenvalue weighted by atomic mass is 35.5. The standard InChI is InChI=1S/C37H49ClO4/c1-4-37-20-19-27-24-29(39-3)15-16-30(27)35(37)31(26-11-13-28(14-12-26)40-22-8-5-7-21-38)25-36(2)32(37)17-18-33(36)42-34-10-6-9-23-41-34/h4,11-16,24,31-35H,1,5-10,17-23,25H2,2-3H3/t31-,32-,33+,34?,35+,36+,37+/m1/s1. The first-order valence-electron chi connectivity index (χ1n) is 16.4. The molecule has 0 aromatic heterocycles. The fourth-order valence-electron chi connectivity index (χ4n) is 9.24. The summed E-state index contributed by atoms with van der Waals surface area (Å²) in [5.74, 6) is 3.87. The van der Waals surface area contributed by atoms with Gasteiger partial charge in [0.05, 0.1) is 19.8 Å². The highest BCUT2D eigenvalue weighted by Gasteiger charge is 2.64. The highest BCUT2D eigenvalue weighted by molar-refractivity contribution is 6.17. The van der Waals surface area contributed by atoms with Crippen molar-refractivity contribution in [2.75, 3.05) is 26.2 Å². The summed E-state index contributed by atoms with van der Waals surface area (Å²) in [7, 11) is 1.77. The normalized spacial score (nSPS) is 33.7. The first kappa shape index (κ1) is 30.0. The van der Waals surface area contributed by atoms with Gasteiger partial charge in [-0.05, 0) is 134 Å². The number of halogens is 1. The lowest BCUT2D eigenvalue weighted by Crippen LogP contribution is -2.54. The molecule has 2 saturated carbocycles. The van der Waals surface area contributed by atoms with E-state index in [9.17, 15) is 0 Å². The molecule has 0 spiro atoms. The van der Waals surface area contributed by atoms with Crippen LogP contribution in [-0.4, -0.2) is 38.6 Å². The van der Waals surface area contributed by atoms with Crippen LogP contribution in [0.2, 0.25) is 0 Å². The maximum absolute atomic E-state index is 6.87. The topological polar surface area (TPSA) is 36.9 Å². The van der Waals surface area contributed by atoms with Crippen molar-refractivity contribution in [3.8, 4) is 11.5 Å². The minimum absolute atomic E-state index is 0.0162. The predicted octanol–water partition coefficient (Wildman–Crippen LogP) is 9.20. The van der Waals surface area contributed by atoms with Crippen LogP contribution in [0.3, 0.4) is 0 Å². The number of hydrogen-bond donors (Lipinski definition) is 0. The van der Waals surface area contributed by atoms with Gasteiger partial charge in [-0.15, -0.1) is 18.2 Å². The largest absolute Gasteiger partial charge is 0.497 e. The zero-order chi connectivity index (χ0) is 29.2. The number of benzene rings is 2. The molecule has 0 amide bonds. The Balaban J connectivity index is 1.34. The molecule has 2 aromatic carbocycles. The average molecular weight is 593 g/mol. The van der Waals surface area contributed by atoms with Crippen LogP contribution in [-0.2, 0) is 15.9 Å². The minimum Gasteiger partial charge on any atom is -0.497 e. The third-order valence-corrected chi connectivity index (χ3v) is 11.5. The van der Waals surface area contributed by atoms with E-state index in [0.717, 1.165) is 88.4 Å². The zero-order valence-corrected chi connectivity index (χ0v) is 26.4. The Labute approximate surface area is 258 Å². The number of ether oxygens (including phenoxy) is 4. The Morgan fingerprint density at radius 3 is 2.60 bits per heavy atom. The lowest BCUT2D eigenvalue weighted by molar-refractivity contribution is -0.216. The van der Waals surface area contributed by atoms with Gasteiger partial charge >= 0.3 is 0 Å². The summed E-state index contributed by atoms with van der Waals surface area (Å²) in [5.41, 5.74) is 4.38. The maximum Gasteiger partial charge on any atom is 0.157 e. The van der Waals surface area contributed by atoms with Crippen molar-refractivity contribution in [2.24, 2.45) is 16.7 Å². The number of alkyl halides is 1. The van der Waals surface area contributed by atoms with E-state index in [-0.39, 0.29) is 23.2 Å². The molecule has 7 atom stereocenters. The molecule has 42 heavy (non-hydrogen) atoms. The second-order valence-electron chi connectivity index (χ2n) is 13.4. The van der Waals surface area contributed by atoms with Crippen molar-refractivity contribution in [3.63, 3.8) is 0 Å². The quantitative estimate of drug-likeness (QED) is 0.148. The molecule has 6 rings (SSSR count). The Kier molecular flexibility index (Phi) is 9.24. The summed E-state index contributed by atoms with van der Waals surface area (Å²) in [4.78, 5) is 0. The van der Waals surface area contributed by atoms with E-state index in [2.05, 4.69) is 62.0 Å². The molecular weight excluding hydrogens is 544 g/mol. The molecule has 0 radical (unpaired) electrons. The molecule has 4 nitrogen and oxygen atoms in total. The smallest absolute Gasteiger partial charge is 0.157 e. The molecule has 1 heterocycles. The minimum atomic E-state index is -0.0596. The fraction of sp³-hybridized carbons (Fsp3) is 0.622. The van der Waals surface area contributed by atoms with Crippen LogP contribution >= 0.6 is 11.6 Å². The van der Waals surface area contributed by atoms with Gasteiger partial charge in [0.25, 0.3) is 0 Å². The first-order valence-corrected chi connectivity index (χ1v) is 16.9. The van der Waals surface area contributed by atoms with Crippen LogP contribution in [0.4, 0.5) is 0 Å². The van der Waals surface area contributed by atoms with Crippen LogP contribution in [0.15, 0.2) is 55.1 Å². The van der Waals surface area contributed by atoms with Crippen molar-refractivity contribution in [3.05, 3.63) is 71.8 Å². The van der Waals surface area contributed by atoms with Gasteiger partial charge in [0.1, 0.15) is 11.5 Å². The van der Waals surface area contributed by atoms with Gasteiger partial charge in [-0.1, -0.05) is 31.2 Å². The van der Waals surface area contributed by atoms with E-state index >= 15 is 0 Å². The van der Waals surface area contributed by atoms with Gasteiger partial charge in [-0.25, -0.2) is 0 Å². The molecule has 5 heteroatoms. The molecular formula is C37H49ClO4. The zero-order valence-electron chi connectivity index (χ0n) is 25.6. The summed E-state index contributed by atoms with van der Waals surface area (Å²) in [6.07, 6.45) is 14.6. The number of aryl methyl sites for hydroxylation is 1. The van der Waals surface area contributed by atoms with E-state index in [1.54, 1.807) is 7.11 Å². The van der Waals surface area contributed by atoms with E-state index in [1.807, 2.05) is 0 Å². The number of unbranched alkanes of at least 4 members (excludes halogenated alkanes) is 2. The number of allylic oxidation sites excluding steroid dienone is 1. The molecule has 0 N–H and O–H groups in total. The van der Waals surface area contributed by atoms with Crippen molar-refractivity contribution in [1.82, 2.24) is 0 Å². The second kappa shape index (κ2) is 12.9. The second-order valence-corrected chi connectivity index (χ2v) is 13.8. The van der Waals surface area contributed by atoms with E-state index in [4.69, 9.17) is 30.5 Å². The molecule has 2 aromatic rings. The van der Waals surface area contributed by atoms with Crippen LogP contribution in [0, 0.1) is 16.7 Å². The van der Waals surface area contributed by atoms with E-state index in [1.165, 1.54) is 29.5 Å². The fourth-order valence-corrected chi connectivity index (χ4v) is 9.43. The van der Waals surface area contributed by atoms with Crippen molar-refractivity contribution < 1.29 is 18.9 Å². The Morgan fingerprint density at radius 2 is 1.86 bits per heavy atom. The van der Waals surface area contributed by atoms with Crippen LogP contribution in [0.5, 0.6) is 11.5 Å². The number of fused-ring (bicyclic) bond motifs is 5. The predicted molar refractivity (Wildman–Crippen MR) is 170 cm³/mol. The van der Waals surface area contributed by atoms with Crippen molar-refractivity contribution in [2.45, 2.75) is 102 Å². The van der Waals surface area contributed by atoms with Crippen molar-refractivity contribution in [1.29, 1.82) is 0 Å². The molecule has 3 aliphatic carbocycles. The number of hydrogen-bond acceptors (Lipinski definition) is 4. The summed E-state index contributed by atoms with van der Waals surface area (Å²) in [6, 6.07) is 15.8. The van der Waals surface area contributed by atoms with Crippen LogP contribution in [0.25, 0.3) is 0 Å². The van der Waals surface area contributed by atoms with Crippen LogP contribution in [0.1, 0.15) is 99.7 Å². The number of rotatable bonds is 11. The van der Waals surface area contributed by atoms with Gasteiger partial charge in [0.15, 0.2) is 6.29 Å². The molecule has 0 bridgehead atoms. The summed E-state index contributed by atoms with van der Waals surface area (Å²) < 4.78 is 24.7. The van der Waals surface area contributed by atoms with Gasteiger partial charge in [0.2, 0.25) is 0 Å². The van der Waals surface area contributed by atoms with Gasteiger partial charge in [0, 0.05) is 18.4 Å². The Hall–Kier alpha value is -2.01. The lowest BCUT2D eigenvalue weighted by Gasteiger charge is -2.60.